The molecule has 138 valence electrons. The van der Waals surface area contributed by atoms with Gasteiger partial charge in [-0.05, 0) is 25.3 Å². The molecule has 0 spiro atoms. The lowest BCUT2D eigenvalue weighted by Gasteiger charge is -2.34. The van der Waals surface area contributed by atoms with Crippen molar-refractivity contribution in [3.8, 4) is 0 Å². The van der Waals surface area contributed by atoms with Gasteiger partial charge in [0.05, 0.1) is 0 Å². The van der Waals surface area contributed by atoms with Crippen molar-refractivity contribution in [2.75, 3.05) is 24.6 Å². The molecule has 1 saturated heterocycles. The lowest BCUT2D eigenvalue weighted by molar-refractivity contribution is -0.121. The molecular formula is C20H31N3OS. The highest BCUT2D eigenvalue weighted by Crippen LogP contribution is 2.31. The fourth-order valence-corrected chi connectivity index (χ4v) is 4.97. The van der Waals surface area contributed by atoms with Gasteiger partial charge in [-0.3, -0.25) is 4.79 Å². The van der Waals surface area contributed by atoms with Gasteiger partial charge in [-0.15, -0.1) is 0 Å². The summed E-state index contributed by atoms with van der Waals surface area (Å²) in [5, 5.41) is 10.5. The van der Waals surface area contributed by atoms with E-state index in [9.17, 15) is 4.79 Å². The van der Waals surface area contributed by atoms with Crippen LogP contribution < -0.4 is 16.0 Å². The quantitative estimate of drug-likeness (QED) is 0.699. The normalized spacial score (nSPS) is 24.0. The molecule has 2 atom stereocenters. The van der Waals surface area contributed by atoms with E-state index < -0.39 is 0 Å². The number of nitrogens with one attached hydrogen (secondary N) is 3. The van der Waals surface area contributed by atoms with Gasteiger partial charge in [-0.2, -0.15) is 11.8 Å². The highest BCUT2D eigenvalue weighted by molar-refractivity contribution is 7.99. The summed E-state index contributed by atoms with van der Waals surface area (Å²) < 4.78 is 0. The molecule has 5 heteroatoms. The Kier molecular flexibility index (Phi) is 6.79. The maximum absolute atomic E-state index is 12.4. The summed E-state index contributed by atoms with van der Waals surface area (Å²) in [6, 6.07) is 11.2. The Morgan fingerprint density at radius 2 is 2.08 bits per heavy atom. The standard InChI is InChI=1S/C20H31N3OS/c1-16(17-7-3-2-4-8-17)23-20(9-5-6-10-20)15-22-19(24)13-18-14-25-12-11-21-18/h2-4,7-8,16,18,21,23H,5-6,9-15H2,1H3,(H,22,24). The van der Waals surface area contributed by atoms with E-state index in [4.69, 9.17) is 0 Å². The Morgan fingerprint density at radius 3 is 2.76 bits per heavy atom. The summed E-state index contributed by atoms with van der Waals surface area (Å²) in [5.41, 5.74) is 1.35. The second-order valence-electron chi connectivity index (χ2n) is 7.47. The largest absolute Gasteiger partial charge is 0.354 e. The van der Waals surface area contributed by atoms with Crippen LogP contribution in [0.25, 0.3) is 0 Å². The van der Waals surface area contributed by atoms with Gasteiger partial charge in [-0.1, -0.05) is 43.2 Å². The van der Waals surface area contributed by atoms with Gasteiger partial charge in [0.1, 0.15) is 0 Å². The molecule has 2 fully saturated rings. The van der Waals surface area contributed by atoms with Crippen LogP contribution in [-0.4, -0.2) is 42.1 Å². The molecular weight excluding hydrogens is 330 g/mol. The van der Waals surface area contributed by atoms with Gasteiger partial charge in [-0.25, -0.2) is 0 Å². The van der Waals surface area contributed by atoms with E-state index in [-0.39, 0.29) is 11.4 Å². The molecule has 1 heterocycles. The number of carbonyl (C=O) groups is 1. The molecule has 2 aliphatic rings. The zero-order valence-electron chi connectivity index (χ0n) is 15.2. The molecule has 1 aliphatic heterocycles. The molecule has 3 rings (SSSR count). The smallest absolute Gasteiger partial charge is 0.221 e. The minimum absolute atomic E-state index is 0.0413. The number of hydrogen-bond acceptors (Lipinski definition) is 4. The van der Waals surface area contributed by atoms with Crippen LogP contribution >= 0.6 is 11.8 Å². The molecule has 25 heavy (non-hydrogen) atoms. The third-order valence-electron chi connectivity index (χ3n) is 5.44. The lowest BCUT2D eigenvalue weighted by atomic mass is 9.94. The summed E-state index contributed by atoms with van der Waals surface area (Å²) in [4.78, 5) is 12.4. The predicted molar refractivity (Wildman–Crippen MR) is 106 cm³/mol. The van der Waals surface area contributed by atoms with E-state index in [0.717, 1.165) is 37.4 Å². The van der Waals surface area contributed by atoms with Gasteiger partial charge in [0.25, 0.3) is 0 Å². The SMILES string of the molecule is CC(NC1(CNC(=O)CC2CSCCN2)CCCC1)c1ccccc1. The zero-order chi connectivity index (χ0) is 17.5. The number of benzene rings is 1. The van der Waals surface area contributed by atoms with Crippen LogP contribution in [0.15, 0.2) is 30.3 Å². The van der Waals surface area contributed by atoms with Crippen LogP contribution in [0.4, 0.5) is 0 Å². The second-order valence-corrected chi connectivity index (χ2v) is 8.62. The minimum Gasteiger partial charge on any atom is -0.354 e. The molecule has 1 aromatic rings. The molecule has 0 bridgehead atoms. The predicted octanol–water partition coefficient (Wildman–Crippen LogP) is 2.86. The summed E-state index contributed by atoms with van der Waals surface area (Å²) >= 11 is 1.94. The summed E-state index contributed by atoms with van der Waals surface area (Å²) in [6.07, 6.45) is 5.36. The van der Waals surface area contributed by atoms with E-state index in [1.54, 1.807) is 0 Å². The topological polar surface area (TPSA) is 53.2 Å². The fraction of sp³-hybridized carbons (Fsp3) is 0.650. The van der Waals surface area contributed by atoms with Gasteiger partial charge < -0.3 is 16.0 Å². The first-order valence-electron chi connectivity index (χ1n) is 9.57. The summed E-state index contributed by atoms with van der Waals surface area (Å²) in [5.74, 6) is 2.38. The fourth-order valence-electron chi connectivity index (χ4n) is 4.02. The Hall–Kier alpha value is -1.04. The van der Waals surface area contributed by atoms with Crippen molar-refractivity contribution in [3.63, 3.8) is 0 Å². The number of amides is 1. The van der Waals surface area contributed by atoms with Crippen LogP contribution in [0.1, 0.15) is 50.6 Å². The first-order valence-corrected chi connectivity index (χ1v) is 10.7. The summed E-state index contributed by atoms with van der Waals surface area (Å²) in [6.45, 7) is 3.98. The second kappa shape index (κ2) is 9.06. The lowest BCUT2D eigenvalue weighted by Crippen LogP contribution is -2.53. The monoisotopic (exact) mass is 361 g/mol. The first kappa shape index (κ1) is 18.7. The van der Waals surface area contributed by atoms with Crippen molar-refractivity contribution < 1.29 is 4.79 Å². The number of carbonyl (C=O) groups excluding carboxylic acids is 1. The van der Waals surface area contributed by atoms with Gasteiger partial charge >= 0.3 is 0 Å². The average molecular weight is 362 g/mol. The number of rotatable bonds is 7. The van der Waals surface area contributed by atoms with Gasteiger partial charge in [0.2, 0.25) is 5.91 Å². The number of thioether (sulfide) groups is 1. The first-order chi connectivity index (χ1) is 12.2. The minimum atomic E-state index is 0.0413. The highest BCUT2D eigenvalue weighted by Gasteiger charge is 2.35. The Bertz CT molecular complexity index is 539. The van der Waals surface area contributed by atoms with E-state index in [2.05, 4.69) is 53.2 Å². The third-order valence-corrected chi connectivity index (χ3v) is 6.57. The van der Waals surface area contributed by atoms with E-state index in [1.165, 1.54) is 18.4 Å². The molecule has 0 aromatic heterocycles. The van der Waals surface area contributed by atoms with Crippen molar-refractivity contribution in [1.29, 1.82) is 0 Å². The Balaban J connectivity index is 1.52. The van der Waals surface area contributed by atoms with Crippen molar-refractivity contribution in [3.05, 3.63) is 35.9 Å². The van der Waals surface area contributed by atoms with Gasteiger partial charge in [0.15, 0.2) is 0 Å². The number of hydrogen-bond donors (Lipinski definition) is 3. The average Bonchev–Trinajstić information content (AvgIpc) is 3.10. The van der Waals surface area contributed by atoms with Crippen molar-refractivity contribution in [2.45, 2.75) is 56.7 Å². The summed E-state index contributed by atoms with van der Waals surface area (Å²) in [7, 11) is 0. The third kappa shape index (κ3) is 5.47. The van der Waals surface area contributed by atoms with Crippen LogP contribution in [0.2, 0.25) is 0 Å². The Labute approximate surface area is 155 Å². The van der Waals surface area contributed by atoms with Crippen LogP contribution in [0, 0.1) is 0 Å². The van der Waals surface area contributed by atoms with Crippen molar-refractivity contribution in [2.24, 2.45) is 0 Å². The highest BCUT2D eigenvalue weighted by atomic mass is 32.2. The molecule has 0 radical (unpaired) electrons. The molecule has 2 unspecified atom stereocenters. The molecule has 3 N–H and O–H groups in total. The van der Waals surface area contributed by atoms with E-state index >= 15 is 0 Å². The molecule has 1 amide bonds. The van der Waals surface area contributed by atoms with Crippen molar-refractivity contribution >= 4 is 17.7 Å². The van der Waals surface area contributed by atoms with E-state index in [0.29, 0.717) is 18.5 Å². The molecule has 1 aliphatic carbocycles. The molecule has 4 nitrogen and oxygen atoms in total. The maximum Gasteiger partial charge on any atom is 0.221 e. The zero-order valence-corrected chi connectivity index (χ0v) is 16.0. The molecule has 1 saturated carbocycles. The van der Waals surface area contributed by atoms with Crippen molar-refractivity contribution in [1.82, 2.24) is 16.0 Å². The Morgan fingerprint density at radius 1 is 1.32 bits per heavy atom. The van der Waals surface area contributed by atoms with Crippen LogP contribution in [0.5, 0.6) is 0 Å². The maximum atomic E-state index is 12.4. The van der Waals surface area contributed by atoms with Crippen LogP contribution in [0.3, 0.4) is 0 Å². The van der Waals surface area contributed by atoms with Gasteiger partial charge in [0, 0.05) is 48.6 Å². The van der Waals surface area contributed by atoms with Crippen LogP contribution in [-0.2, 0) is 4.79 Å². The molecule has 1 aromatic carbocycles. The van der Waals surface area contributed by atoms with E-state index in [1.807, 2.05) is 11.8 Å².